The highest BCUT2D eigenvalue weighted by Crippen LogP contribution is 2.33. The predicted octanol–water partition coefficient (Wildman–Crippen LogP) is 2.23. The molecule has 2 N–H and O–H groups in total. The third-order valence-electron chi connectivity index (χ3n) is 3.28. The third-order valence-corrected chi connectivity index (χ3v) is 3.28. The molecule has 0 atom stereocenters. The van der Waals surface area contributed by atoms with Gasteiger partial charge in [-0.05, 0) is 48.7 Å². The first-order chi connectivity index (χ1) is 9.61. The van der Waals surface area contributed by atoms with Gasteiger partial charge in [0.25, 0.3) is 0 Å². The van der Waals surface area contributed by atoms with Crippen molar-refractivity contribution in [1.29, 1.82) is 5.26 Å². The van der Waals surface area contributed by atoms with Gasteiger partial charge < -0.3 is 5.73 Å². The van der Waals surface area contributed by atoms with E-state index >= 15 is 0 Å². The summed E-state index contributed by atoms with van der Waals surface area (Å²) < 4.78 is 0. The quantitative estimate of drug-likeness (QED) is 0.831. The van der Waals surface area contributed by atoms with E-state index in [0.717, 1.165) is 28.2 Å². The van der Waals surface area contributed by atoms with Gasteiger partial charge in [-0.15, -0.1) is 0 Å². The molecule has 1 aromatic rings. The standard InChI is InChI=1S/C15H13N5/c1-9-6-11(4-3-5-16)7-10(2)13(9)20-14-12(17)8-18-15(20)19-14/h3-4,6-8H,17H2,1-2H3/b4-3+. The van der Waals surface area contributed by atoms with Gasteiger partial charge in [-0.1, -0.05) is 0 Å². The van der Waals surface area contributed by atoms with E-state index in [1.54, 1.807) is 12.3 Å². The van der Waals surface area contributed by atoms with Crippen molar-refractivity contribution < 1.29 is 0 Å². The fourth-order valence-electron chi connectivity index (χ4n) is 2.49. The molecule has 2 bridgehead atoms. The number of allylic oxidation sites excluding steroid dienone is 1. The highest BCUT2D eigenvalue weighted by atomic mass is 15.4. The Morgan fingerprint density at radius 1 is 1.30 bits per heavy atom. The molecule has 0 fully saturated rings. The second kappa shape index (κ2) is 4.35. The van der Waals surface area contributed by atoms with E-state index in [1.165, 1.54) is 6.08 Å². The first-order valence-electron chi connectivity index (χ1n) is 6.22. The summed E-state index contributed by atoms with van der Waals surface area (Å²) in [5, 5.41) is 8.60. The highest BCUT2D eigenvalue weighted by Gasteiger charge is 2.34. The molecule has 1 aromatic carbocycles. The number of rotatable bonds is 2. The van der Waals surface area contributed by atoms with Crippen molar-refractivity contribution in [3.63, 3.8) is 0 Å². The van der Waals surface area contributed by atoms with Crippen LogP contribution in [0.3, 0.4) is 0 Å². The van der Waals surface area contributed by atoms with Crippen LogP contribution in [0, 0.1) is 25.2 Å². The molecular formula is C15H13N5. The Labute approximate surface area is 117 Å². The van der Waals surface area contributed by atoms with Gasteiger partial charge in [0.05, 0.1) is 23.7 Å². The topological polar surface area (TPSA) is 77.8 Å². The van der Waals surface area contributed by atoms with E-state index in [9.17, 15) is 0 Å². The van der Waals surface area contributed by atoms with Crippen LogP contribution in [-0.2, 0) is 0 Å². The maximum atomic E-state index is 8.60. The lowest BCUT2D eigenvalue weighted by Crippen LogP contribution is -2.50. The van der Waals surface area contributed by atoms with Crippen molar-refractivity contribution in [3.8, 4) is 6.07 Å². The van der Waals surface area contributed by atoms with Crippen molar-refractivity contribution in [2.24, 2.45) is 15.7 Å². The van der Waals surface area contributed by atoms with Gasteiger partial charge in [-0.2, -0.15) is 10.3 Å². The molecule has 0 radical (unpaired) electrons. The minimum Gasteiger partial charge on any atom is -0.394 e. The number of guanidine groups is 1. The predicted molar refractivity (Wildman–Crippen MR) is 80.2 cm³/mol. The molecule has 0 unspecified atom stereocenters. The van der Waals surface area contributed by atoms with Crippen LogP contribution < -0.4 is 10.6 Å². The van der Waals surface area contributed by atoms with Gasteiger partial charge in [0.1, 0.15) is 0 Å². The molecule has 0 spiro atoms. The third kappa shape index (κ3) is 1.70. The average molecular weight is 263 g/mol. The molecule has 2 heterocycles. The van der Waals surface area contributed by atoms with Crippen LogP contribution in [-0.4, -0.2) is 11.8 Å². The molecule has 0 aromatic heterocycles. The van der Waals surface area contributed by atoms with Crippen molar-refractivity contribution >= 4 is 23.6 Å². The molecule has 5 nitrogen and oxygen atoms in total. The average Bonchev–Trinajstić information content (AvgIpc) is 2.39. The van der Waals surface area contributed by atoms with Crippen molar-refractivity contribution in [1.82, 2.24) is 0 Å². The second-order valence-corrected chi connectivity index (χ2v) is 4.75. The van der Waals surface area contributed by atoms with Crippen LogP contribution in [0.2, 0.25) is 0 Å². The van der Waals surface area contributed by atoms with Crippen LogP contribution in [0.5, 0.6) is 0 Å². The summed E-state index contributed by atoms with van der Waals surface area (Å²) in [7, 11) is 0. The van der Waals surface area contributed by atoms with E-state index in [1.807, 2.05) is 36.9 Å². The normalized spacial score (nSPS) is 16.2. The van der Waals surface area contributed by atoms with Crippen molar-refractivity contribution in [3.05, 3.63) is 46.8 Å². The number of nitrogens with two attached hydrogens (primary N) is 1. The number of benzene rings is 1. The fraction of sp³-hybridized carbons (Fsp3) is 0.133. The number of nitriles is 1. The van der Waals surface area contributed by atoms with Crippen LogP contribution in [0.4, 0.5) is 5.69 Å². The lowest BCUT2D eigenvalue weighted by atomic mass is 10.0. The van der Waals surface area contributed by atoms with Gasteiger partial charge in [0, 0.05) is 6.08 Å². The second-order valence-electron chi connectivity index (χ2n) is 4.75. The van der Waals surface area contributed by atoms with E-state index in [2.05, 4.69) is 9.98 Å². The van der Waals surface area contributed by atoms with Gasteiger partial charge in [0.2, 0.25) is 5.96 Å². The van der Waals surface area contributed by atoms with Gasteiger partial charge in [-0.25, -0.2) is 4.99 Å². The zero-order valence-electron chi connectivity index (χ0n) is 11.3. The molecule has 0 saturated carbocycles. The maximum absolute atomic E-state index is 8.60. The highest BCUT2D eigenvalue weighted by molar-refractivity contribution is 6.36. The summed E-state index contributed by atoms with van der Waals surface area (Å²) in [5.41, 5.74) is 10.7. The lowest BCUT2D eigenvalue weighted by Gasteiger charge is -2.36. The number of aliphatic imine (C=N–C) groups is 2. The van der Waals surface area contributed by atoms with Crippen LogP contribution in [0.25, 0.3) is 6.08 Å². The zero-order valence-corrected chi connectivity index (χ0v) is 11.3. The molecule has 2 aliphatic heterocycles. The summed E-state index contributed by atoms with van der Waals surface area (Å²) in [6, 6.07) is 6.07. The SMILES string of the molecule is Cc1cc(/C=C/C#N)cc(C)c1N1c2ncc(N)c1n2. The Hall–Kier alpha value is -2.87. The monoisotopic (exact) mass is 263 g/mol. The Morgan fingerprint density at radius 2 is 2.00 bits per heavy atom. The van der Waals surface area contributed by atoms with E-state index in [4.69, 9.17) is 11.0 Å². The van der Waals surface area contributed by atoms with Gasteiger partial charge in [0.15, 0.2) is 5.84 Å². The van der Waals surface area contributed by atoms with Crippen LogP contribution in [0.1, 0.15) is 16.7 Å². The molecule has 0 amide bonds. The molecule has 20 heavy (non-hydrogen) atoms. The number of hydrogen-bond acceptors (Lipinski definition) is 5. The largest absolute Gasteiger partial charge is 0.394 e. The van der Waals surface area contributed by atoms with Gasteiger partial charge >= 0.3 is 0 Å². The minimum absolute atomic E-state index is 0.576. The van der Waals surface area contributed by atoms with Crippen molar-refractivity contribution in [2.45, 2.75) is 13.8 Å². The smallest absolute Gasteiger partial charge is 0.238 e. The summed E-state index contributed by atoms with van der Waals surface area (Å²) >= 11 is 0. The number of hydrogen-bond donors (Lipinski definition) is 1. The summed E-state index contributed by atoms with van der Waals surface area (Å²) in [5.74, 6) is 1.42. The van der Waals surface area contributed by atoms with Gasteiger partial charge in [-0.3, -0.25) is 4.90 Å². The van der Waals surface area contributed by atoms with Crippen LogP contribution >= 0.6 is 0 Å². The van der Waals surface area contributed by atoms with E-state index < -0.39 is 0 Å². The summed E-state index contributed by atoms with van der Waals surface area (Å²) in [6.07, 6.45) is 4.90. The Balaban J connectivity index is 2.04. The Kier molecular flexibility index (Phi) is 2.65. The Bertz CT molecular complexity index is 733. The molecule has 2 aliphatic rings. The molecule has 3 rings (SSSR count). The Morgan fingerprint density at radius 3 is 2.55 bits per heavy atom. The first-order valence-corrected chi connectivity index (χ1v) is 6.22. The molecule has 98 valence electrons. The van der Waals surface area contributed by atoms with Crippen molar-refractivity contribution in [2.75, 3.05) is 4.90 Å². The number of anilines is 1. The van der Waals surface area contributed by atoms with E-state index in [-0.39, 0.29) is 0 Å². The van der Waals surface area contributed by atoms with Crippen LogP contribution in [0.15, 0.2) is 40.1 Å². The molecule has 0 aliphatic carbocycles. The fourth-order valence-corrected chi connectivity index (χ4v) is 2.49. The number of fused-ring (bicyclic) bond motifs is 2. The zero-order chi connectivity index (χ0) is 14.3. The number of aryl methyl sites for hydroxylation is 2. The molecule has 5 heteroatoms. The molecule has 0 saturated heterocycles. The maximum Gasteiger partial charge on any atom is 0.238 e. The van der Waals surface area contributed by atoms with E-state index in [0.29, 0.717) is 11.7 Å². The molecular weight excluding hydrogens is 250 g/mol. The first kappa shape index (κ1) is 12.2. The number of nitrogens with zero attached hydrogens (tertiary/aromatic N) is 4. The summed E-state index contributed by atoms with van der Waals surface area (Å²) in [6.45, 7) is 4.06. The summed E-state index contributed by atoms with van der Waals surface area (Å²) in [4.78, 5) is 10.4. The number of amidine groups is 1. The lowest BCUT2D eigenvalue weighted by molar-refractivity contribution is 1.14. The minimum atomic E-state index is 0.576.